The normalized spacial score (nSPS) is 12.0. The van der Waals surface area contributed by atoms with E-state index in [2.05, 4.69) is 19.2 Å². The minimum atomic E-state index is -0.505. The third kappa shape index (κ3) is 6.16. The lowest BCUT2D eigenvalue weighted by molar-refractivity contribution is 0.0948. The van der Waals surface area contributed by atoms with Gasteiger partial charge in [-0.25, -0.2) is 0 Å². The Morgan fingerprint density at radius 1 is 0.935 bits per heavy atom. The van der Waals surface area contributed by atoms with Gasteiger partial charge in [-0.2, -0.15) is 0 Å². The van der Waals surface area contributed by atoms with E-state index in [1.165, 1.54) is 0 Å². The van der Waals surface area contributed by atoms with E-state index in [0.717, 1.165) is 16.7 Å². The first-order chi connectivity index (χ1) is 14.7. The Morgan fingerprint density at radius 3 is 2.26 bits per heavy atom. The number of carbonyl (C=O) groups excluding carboxylic acids is 1. The van der Waals surface area contributed by atoms with Crippen LogP contribution in [0.2, 0.25) is 15.1 Å². The molecule has 3 aromatic carbocycles. The van der Waals surface area contributed by atoms with Crippen LogP contribution in [0.25, 0.3) is 0 Å². The van der Waals surface area contributed by atoms with Crippen molar-refractivity contribution < 1.29 is 9.53 Å². The van der Waals surface area contributed by atoms with Crippen LogP contribution in [0.4, 0.5) is 0 Å². The summed E-state index contributed by atoms with van der Waals surface area (Å²) in [5, 5.41) is 4.61. The van der Waals surface area contributed by atoms with E-state index in [1.54, 1.807) is 36.4 Å². The maximum absolute atomic E-state index is 12.6. The maximum atomic E-state index is 12.6. The molecule has 0 fully saturated rings. The Labute approximate surface area is 198 Å². The first-order valence-electron chi connectivity index (χ1n) is 10.0. The summed E-state index contributed by atoms with van der Waals surface area (Å²) in [6.45, 7) is 6.65. The zero-order valence-corrected chi connectivity index (χ0v) is 19.9. The van der Waals surface area contributed by atoms with Crippen molar-refractivity contribution in [3.05, 3.63) is 98.0 Å². The lowest BCUT2D eigenvalue weighted by atomic mass is 10.0. The quantitative estimate of drug-likeness (QED) is 0.383. The molecule has 0 spiro atoms. The molecule has 0 radical (unpaired) electrons. The van der Waals surface area contributed by atoms with Crippen LogP contribution < -0.4 is 10.1 Å². The number of amides is 1. The van der Waals surface area contributed by atoms with Crippen LogP contribution in [0.15, 0.2) is 60.7 Å². The Hall–Kier alpha value is -2.20. The fraction of sp³-hybridized carbons (Fsp3) is 0.240. The fourth-order valence-electron chi connectivity index (χ4n) is 3.06. The molecule has 0 aliphatic heterocycles. The maximum Gasteiger partial charge on any atom is 0.251 e. The van der Waals surface area contributed by atoms with Crippen molar-refractivity contribution in [2.45, 2.75) is 26.9 Å². The van der Waals surface area contributed by atoms with E-state index in [0.29, 0.717) is 38.8 Å². The molecule has 162 valence electrons. The largest absolute Gasteiger partial charge is 0.481 e. The van der Waals surface area contributed by atoms with E-state index in [-0.39, 0.29) is 5.91 Å². The molecule has 0 aliphatic carbocycles. The number of halogens is 3. The molecule has 31 heavy (non-hydrogen) atoms. The van der Waals surface area contributed by atoms with Gasteiger partial charge in [0.25, 0.3) is 5.91 Å². The van der Waals surface area contributed by atoms with Gasteiger partial charge in [0.05, 0.1) is 0 Å². The van der Waals surface area contributed by atoms with Gasteiger partial charge in [0.2, 0.25) is 0 Å². The van der Waals surface area contributed by atoms with Crippen molar-refractivity contribution in [1.82, 2.24) is 5.32 Å². The molecule has 1 atom stereocenters. The van der Waals surface area contributed by atoms with Gasteiger partial charge in [0, 0.05) is 32.7 Å². The summed E-state index contributed by atoms with van der Waals surface area (Å²) in [7, 11) is 0. The van der Waals surface area contributed by atoms with E-state index in [4.69, 9.17) is 39.5 Å². The van der Waals surface area contributed by atoms with E-state index >= 15 is 0 Å². The second-order valence-corrected chi connectivity index (χ2v) is 9.08. The molecule has 1 amide bonds. The van der Waals surface area contributed by atoms with Gasteiger partial charge in [-0.15, -0.1) is 0 Å². The number of ether oxygens (including phenoxy) is 1. The fourth-order valence-corrected chi connectivity index (χ4v) is 3.69. The summed E-state index contributed by atoms with van der Waals surface area (Å²) in [6.07, 6.45) is -0.505. The summed E-state index contributed by atoms with van der Waals surface area (Å²) in [6, 6.07) is 18.1. The van der Waals surface area contributed by atoms with Gasteiger partial charge >= 0.3 is 0 Å². The van der Waals surface area contributed by atoms with E-state index in [9.17, 15) is 4.79 Å². The number of nitrogens with one attached hydrogen (secondary N) is 1. The molecule has 3 aromatic rings. The van der Waals surface area contributed by atoms with Gasteiger partial charge < -0.3 is 10.1 Å². The summed E-state index contributed by atoms with van der Waals surface area (Å²) in [5.41, 5.74) is 3.09. The zero-order valence-electron chi connectivity index (χ0n) is 17.6. The molecular weight excluding hydrogens is 453 g/mol. The molecule has 0 aliphatic rings. The number of hydrogen-bond donors (Lipinski definition) is 1. The summed E-state index contributed by atoms with van der Waals surface area (Å²) >= 11 is 18.7. The lowest BCUT2D eigenvalue weighted by Gasteiger charge is -2.23. The van der Waals surface area contributed by atoms with Crippen molar-refractivity contribution in [3.63, 3.8) is 0 Å². The molecule has 0 saturated carbocycles. The highest BCUT2D eigenvalue weighted by atomic mass is 35.5. The average Bonchev–Trinajstić information content (AvgIpc) is 2.72. The Kier molecular flexibility index (Phi) is 7.88. The SMILES string of the molecule is Cc1ccc(C(=O)NCC(C)C)cc1OC(c1ccc(Cl)cc1)c1ccc(Cl)cc1Cl. The molecule has 0 heterocycles. The molecule has 6 heteroatoms. The molecule has 1 unspecified atom stereocenters. The van der Waals surface area contributed by atoms with E-state index in [1.807, 2.05) is 31.2 Å². The van der Waals surface area contributed by atoms with Gasteiger partial charge in [0.1, 0.15) is 5.75 Å². The van der Waals surface area contributed by atoms with Gasteiger partial charge in [0.15, 0.2) is 6.10 Å². The first kappa shape index (κ1) is 23.5. The Balaban J connectivity index is 1.98. The monoisotopic (exact) mass is 475 g/mol. The van der Waals surface area contributed by atoms with Gasteiger partial charge in [-0.1, -0.05) is 72.9 Å². The highest BCUT2D eigenvalue weighted by Crippen LogP contribution is 2.36. The van der Waals surface area contributed by atoms with Crippen molar-refractivity contribution in [2.75, 3.05) is 6.54 Å². The van der Waals surface area contributed by atoms with Crippen LogP contribution in [0, 0.1) is 12.8 Å². The number of carbonyl (C=O) groups is 1. The molecule has 1 N–H and O–H groups in total. The standard InChI is InChI=1S/C25H24Cl3NO2/c1-15(2)14-29-25(30)18-5-4-16(3)23(12-18)31-24(17-6-8-19(26)9-7-17)21-11-10-20(27)13-22(21)28/h4-13,15,24H,14H2,1-3H3,(H,29,30). The highest BCUT2D eigenvalue weighted by molar-refractivity contribution is 6.35. The molecule has 3 nitrogen and oxygen atoms in total. The number of benzene rings is 3. The molecule has 0 saturated heterocycles. The smallest absolute Gasteiger partial charge is 0.251 e. The summed E-state index contributed by atoms with van der Waals surface area (Å²) in [5.74, 6) is 0.834. The third-order valence-electron chi connectivity index (χ3n) is 4.78. The lowest BCUT2D eigenvalue weighted by Crippen LogP contribution is -2.27. The number of rotatable bonds is 7. The minimum Gasteiger partial charge on any atom is -0.481 e. The van der Waals surface area contributed by atoms with Crippen LogP contribution in [-0.2, 0) is 0 Å². The van der Waals surface area contributed by atoms with Crippen molar-refractivity contribution in [3.8, 4) is 5.75 Å². The molecule has 0 aromatic heterocycles. The van der Waals surface area contributed by atoms with Crippen molar-refractivity contribution in [1.29, 1.82) is 0 Å². The third-order valence-corrected chi connectivity index (χ3v) is 5.60. The number of hydrogen-bond acceptors (Lipinski definition) is 2. The van der Waals surface area contributed by atoms with Crippen LogP contribution in [0.3, 0.4) is 0 Å². The predicted octanol–water partition coefficient (Wildman–Crippen LogP) is 7.51. The van der Waals surface area contributed by atoms with Crippen LogP contribution in [0.5, 0.6) is 5.75 Å². The second kappa shape index (κ2) is 10.4. The molecular formula is C25H24Cl3NO2. The topological polar surface area (TPSA) is 38.3 Å². The Morgan fingerprint density at radius 2 is 1.61 bits per heavy atom. The minimum absolute atomic E-state index is 0.133. The van der Waals surface area contributed by atoms with Crippen molar-refractivity contribution >= 4 is 40.7 Å². The Bertz CT molecular complexity index is 1060. The van der Waals surface area contributed by atoms with E-state index < -0.39 is 6.10 Å². The second-order valence-electron chi connectivity index (χ2n) is 7.80. The van der Waals surface area contributed by atoms with Crippen LogP contribution in [0.1, 0.15) is 47.0 Å². The van der Waals surface area contributed by atoms with Crippen LogP contribution >= 0.6 is 34.8 Å². The summed E-state index contributed by atoms with van der Waals surface area (Å²) < 4.78 is 6.44. The van der Waals surface area contributed by atoms with Gasteiger partial charge in [-0.3, -0.25) is 4.79 Å². The first-order valence-corrected chi connectivity index (χ1v) is 11.1. The number of aryl methyl sites for hydroxylation is 1. The molecule has 0 bridgehead atoms. The predicted molar refractivity (Wildman–Crippen MR) is 129 cm³/mol. The highest BCUT2D eigenvalue weighted by Gasteiger charge is 2.21. The van der Waals surface area contributed by atoms with Crippen molar-refractivity contribution in [2.24, 2.45) is 5.92 Å². The summed E-state index contributed by atoms with van der Waals surface area (Å²) in [4.78, 5) is 12.6. The van der Waals surface area contributed by atoms with Crippen LogP contribution in [-0.4, -0.2) is 12.5 Å². The average molecular weight is 477 g/mol. The zero-order chi connectivity index (χ0) is 22.5. The van der Waals surface area contributed by atoms with Gasteiger partial charge in [-0.05, 0) is 60.4 Å². The molecule has 3 rings (SSSR count).